The molecule has 2 aromatic rings. The number of ether oxygens (including phenoxy) is 3. The van der Waals surface area contributed by atoms with Gasteiger partial charge in [0.25, 0.3) is 10.1 Å². The number of nitrogens with zero attached hydrogens (tertiary/aromatic N) is 1. The van der Waals surface area contributed by atoms with E-state index in [0.29, 0.717) is 30.4 Å². The van der Waals surface area contributed by atoms with Gasteiger partial charge in [0.05, 0.1) is 43.4 Å². The molecule has 1 spiro atoms. The number of hydrogen-bond acceptors (Lipinski definition) is 8. The van der Waals surface area contributed by atoms with E-state index in [1.165, 1.54) is 18.2 Å². The molecule has 6 atom stereocenters. The van der Waals surface area contributed by atoms with Gasteiger partial charge < -0.3 is 19.1 Å². The van der Waals surface area contributed by atoms with E-state index in [9.17, 15) is 13.2 Å². The van der Waals surface area contributed by atoms with Crippen LogP contribution in [0.15, 0.2) is 36.4 Å². The Balaban J connectivity index is 1.29. The highest BCUT2D eigenvalue weighted by molar-refractivity contribution is 7.86. The van der Waals surface area contributed by atoms with Crippen LogP contribution in [-0.4, -0.2) is 66.8 Å². The summed E-state index contributed by atoms with van der Waals surface area (Å²) in [6, 6.07) is 11.9. The van der Waals surface area contributed by atoms with Gasteiger partial charge in [-0.2, -0.15) is 8.42 Å². The molecule has 1 aliphatic heterocycles. The van der Waals surface area contributed by atoms with Crippen LogP contribution in [-0.2, 0) is 35.6 Å². The number of anilines is 1. The van der Waals surface area contributed by atoms with Gasteiger partial charge in [0.1, 0.15) is 5.75 Å². The van der Waals surface area contributed by atoms with Crippen LogP contribution < -0.4 is 9.64 Å². The lowest BCUT2D eigenvalue weighted by Crippen LogP contribution is -2.51. The first-order chi connectivity index (χ1) is 21.1. The SMILES string of the molecule is COC(=O)c1ccc2c(c1)N(C[C@@H]1CC[C@H]1[C@@H](OC)[C@@H]1CCC[C@@H](OS(C)(=O)=O)C1)C[C@@]1(CCCc3cc(Cl)ccc31)CO2. The Bertz CT molecular complexity index is 1480. The third-order valence-electron chi connectivity index (χ3n) is 10.5. The van der Waals surface area contributed by atoms with E-state index >= 15 is 0 Å². The Morgan fingerprint density at radius 3 is 2.68 bits per heavy atom. The quantitative estimate of drug-likeness (QED) is 0.249. The van der Waals surface area contributed by atoms with Crippen LogP contribution in [0.5, 0.6) is 5.75 Å². The lowest BCUT2D eigenvalue weighted by molar-refractivity contribution is -0.0693. The molecule has 3 aliphatic carbocycles. The third-order valence-corrected chi connectivity index (χ3v) is 11.4. The standard InChI is InChI=1S/C34H44ClNO7S/c1-40-32(23-6-4-8-27(17-23)43-44(3,38)39)28-12-9-25(28)19-36-20-34(15-5-7-22-16-26(35)11-13-29(22)34)21-42-31-14-10-24(18-30(31)36)33(37)41-2/h10-11,13-14,16,18,23,25,27-28,32H,4-9,12,15,17,19-21H2,1-3H3/t23-,25+,27-,28-,32+,34+/m1/s1. The van der Waals surface area contributed by atoms with Crippen LogP contribution in [0, 0.1) is 17.8 Å². The van der Waals surface area contributed by atoms with Crippen LogP contribution in [0.1, 0.15) is 72.9 Å². The monoisotopic (exact) mass is 645 g/mol. The van der Waals surface area contributed by atoms with E-state index in [1.54, 1.807) is 13.2 Å². The molecule has 0 amide bonds. The van der Waals surface area contributed by atoms with Crippen LogP contribution in [0.25, 0.3) is 0 Å². The van der Waals surface area contributed by atoms with E-state index in [2.05, 4.69) is 17.0 Å². The second-order valence-corrected chi connectivity index (χ2v) is 15.4. The number of carbonyl (C=O) groups excluding carboxylic acids is 1. The van der Waals surface area contributed by atoms with Gasteiger partial charge in [-0.3, -0.25) is 4.18 Å². The van der Waals surface area contributed by atoms with Gasteiger partial charge in [-0.1, -0.05) is 24.1 Å². The molecule has 2 fully saturated rings. The van der Waals surface area contributed by atoms with E-state index in [1.807, 2.05) is 18.2 Å². The number of halogens is 1. The lowest BCUT2D eigenvalue weighted by atomic mass is 9.65. The molecule has 10 heteroatoms. The Labute approximate surface area is 266 Å². The van der Waals surface area contributed by atoms with Crippen molar-refractivity contribution in [2.75, 3.05) is 45.1 Å². The summed E-state index contributed by atoms with van der Waals surface area (Å²) in [5, 5.41) is 0.757. The molecule has 0 radical (unpaired) electrons. The topological polar surface area (TPSA) is 91.4 Å². The van der Waals surface area contributed by atoms with Gasteiger partial charge >= 0.3 is 5.97 Å². The minimum absolute atomic E-state index is 0.0373. The fourth-order valence-electron chi connectivity index (χ4n) is 8.43. The van der Waals surface area contributed by atoms with E-state index in [0.717, 1.165) is 87.2 Å². The van der Waals surface area contributed by atoms with Crippen molar-refractivity contribution in [3.63, 3.8) is 0 Å². The molecule has 0 unspecified atom stereocenters. The van der Waals surface area contributed by atoms with E-state index < -0.39 is 10.1 Å². The molecular weight excluding hydrogens is 602 g/mol. The summed E-state index contributed by atoms with van der Waals surface area (Å²) >= 11 is 6.42. The number of carbonyl (C=O) groups is 1. The molecule has 4 aliphatic rings. The van der Waals surface area contributed by atoms with Crippen molar-refractivity contribution in [2.45, 2.75) is 75.4 Å². The Morgan fingerprint density at radius 2 is 1.95 bits per heavy atom. The zero-order valence-corrected chi connectivity index (χ0v) is 27.5. The van der Waals surface area contributed by atoms with Gasteiger partial charge in [-0.05, 0) is 111 Å². The second kappa shape index (κ2) is 12.8. The highest BCUT2D eigenvalue weighted by Crippen LogP contribution is 2.48. The maximum absolute atomic E-state index is 12.6. The molecular formula is C34H44ClNO7S. The van der Waals surface area contributed by atoms with Crippen molar-refractivity contribution < 1.29 is 31.6 Å². The smallest absolute Gasteiger partial charge is 0.337 e. The maximum Gasteiger partial charge on any atom is 0.337 e. The minimum atomic E-state index is -3.50. The first-order valence-electron chi connectivity index (χ1n) is 15.9. The Hall–Kier alpha value is -2.33. The zero-order valence-electron chi connectivity index (χ0n) is 25.9. The summed E-state index contributed by atoms with van der Waals surface area (Å²) in [4.78, 5) is 15.0. The van der Waals surface area contributed by atoms with Crippen molar-refractivity contribution in [1.29, 1.82) is 0 Å². The van der Waals surface area contributed by atoms with Gasteiger partial charge in [0, 0.05) is 30.6 Å². The first-order valence-corrected chi connectivity index (χ1v) is 18.1. The van der Waals surface area contributed by atoms with Crippen molar-refractivity contribution in [1.82, 2.24) is 0 Å². The Morgan fingerprint density at radius 1 is 1.11 bits per heavy atom. The fraction of sp³-hybridized carbons (Fsp3) is 0.618. The number of rotatable bonds is 8. The summed E-state index contributed by atoms with van der Waals surface area (Å²) < 4.78 is 47.0. The summed E-state index contributed by atoms with van der Waals surface area (Å²) in [5.74, 6) is 1.40. The first kappa shape index (κ1) is 31.6. The van der Waals surface area contributed by atoms with Crippen molar-refractivity contribution >= 4 is 33.4 Å². The van der Waals surface area contributed by atoms with Crippen LogP contribution in [0.2, 0.25) is 5.02 Å². The van der Waals surface area contributed by atoms with Gasteiger partial charge in [0.2, 0.25) is 0 Å². The molecule has 8 nitrogen and oxygen atoms in total. The van der Waals surface area contributed by atoms with Gasteiger partial charge in [-0.25, -0.2) is 4.79 Å². The molecule has 0 N–H and O–H groups in total. The summed E-state index contributed by atoms with van der Waals surface area (Å²) in [5.41, 5.74) is 3.81. The molecule has 1 heterocycles. The molecule has 2 saturated carbocycles. The normalized spacial score (nSPS) is 29.0. The molecule has 240 valence electrons. The van der Waals surface area contributed by atoms with Crippen molar-refractivity contribution in [3.8, 4) is 5.75 Å². The number of benzene rings is 2. The number of methoxy groups -OCH3 is 2. The van der Waals surface area contributed by atoms with Crippen LogP contribution >= 0.6 is 11.6 Å². The van der Waals surface area contributed by atoms with Crippen LogP contribution in [0.4, 0.5) is 5.69 Å². The second-order valence-electron chi connectivity index (χ2n) is 13.3. The third kappa shape index (κ3) is 6.48. The molecule has 0 bridgehead atoms. The maximum atomic E-state index is 12.6. The highest BCUT2D eigenvalue weighted by atomic mass is 35.5. The molecule has 6 rings (SSSR count). The average Bonchev–Trinajstić information content (AvgIpc) is 3.13. The number of aryl methyl sites for hydroxylation is 1. The Kier molecular flexibility index (Phi) is 9.22. The van der Waals surface area contributed by atoms with E-state index in [4.69, 9.17) is 30.0 Å². The summed E-state index contributed by atoms with van der Waals surface area (Å²) in [7, 11) is -0.308. The van der Waals surface area contributed by atoms with Crippen LogP contribution in [0.3, 0.4) is 0 Å². The van der Waals surface area contributed by atoms with Gasteiger partial charge in [-0.15, -0.1) is 0 Å². The molecule has 0 aromatic heterocycles. The number of hydrogen-bond donors (Lipinski definition) is 0. The number of esters is 1. The zero-order chi connectivity index (χ0) is 31.1. The number of fused-ring (bicyclic) bond motifs is 3. The minimum Gasteiger partial charge on any atom is -0.490 e. The molecule has 2 aromatic carbocycles. The summed E-state index contributed by atoms with van der Waals surface area (Å²) in [6.07, 6.45) is 9.51. The lowest BCUT2D eigenvalue weighted by Gasteiger charge is -2.48. The van der Waals surface area contributed by atoms with Gasteiger partial charge in [0.15, 0.2) is 0 Å². The molecule has 0 saturated heterocycles. The van der Waals surface area contributed by atoms with Crippen molar-refractivity contribution in [2.24, 2.45) is 17.8 Å². The predicted molar refractivity (Wildman–Crippen MR) is 170 cm³/mol. The molecule has 44 heavy (non-hydrogen) atoms. The average molecular weight is 646 g/mol. The fourth-order valence-corrected chi connectivity index (χ4v) is 9.29. The van der Waals surface area contributed by atoms with Crippen molar-refractivity contribution in [3.05, 3.63) is 58.1 Å². The summed E-state index contributed by atoms with van der Waals surface area (Å²) in [6.45, 7) is 2.14. The highest BCUT2D eigenvalue weighted by Gasteiger charge is 2.46. The largest absolute Gasteiger partial charge is 0.490 e. The predicted octanol–water partition coefficient (Wildman–Crippen LogP) is 6.18. The van der Waals surface area contributed by atoms with E-state index in [-0.39, 0.29) is 29.5 Å².